The second-order valence-corrected chi connectivity index (χ2v) is 4.85. The van der Waals surface area contributed by atoms with Gasteiger partial charge in [0.2, 0.25) is 0 Å². The number of anilines is 1. The van der Waals surface area contributed by atoms with Crippen LogP contribution < -0.4 is 10.2 Å². The average Bonchev–Trinajstić information content (AvgIpc) is 2.63. The average molecular weight is 312 g/mol. The molecule has 2 nitrogen and oxygen atoms in total. The molecule has 1 saturated heterocycles. The largest absolute Gasteiger partial charge is 0.416 e. The number of benzene rings is 1. The number of nitrogens with one attached hydrogen (secondary N) is 1. The van der Waals surface area contributed by atoms with Crippen LogP contribution in [0.5, 0.6) is 0 Å². The van der Waals surface area contributed by atoms with Gasteiger partial charge in [-0.05, 0) is 37.2 Å². The second-order valence-electron chi connectivity index (χ2n) is 4.85. The second kappa shape index (κ2) is 5.75. The first-order valence-electron chi connectivity index (χ1n) is 6.41. The van der Waals surface area contributed by atoms with Crippen LogP contribution in [0.25, 0.3) is 0 Å². The van der Waals surface area contributed by atoms with Gasteiger partial charge in [0.05, 0.1) is 5.56 Å². The van der Waals surface area contributed by atoms with Crippen molar-refractivity contribution in [3.63, 3.8) is 0 Å². The van der Waals surface area contributed by atoms with Crippen molar-refractivity contribution >= 4 is 5.69 Å². The first-order valence-corrected chi connectivity index (χ1v) is 6.41. The molecule has 0 amide bonds. The summed E-state index contributed by atoms with van der Waals surface area (Å²) in [6.07, 6.45) is -8.45. The molecule has 1 aromatic carbocycles. The van der Waals surface area contributed by atoms with Crippen LogP contribution in [0, 0.1) is 0 Å². The van der Waals surface area contributed by atoms with Crippen LogP contribution >= 0.6 is 0 Å². The molecule has 1 heterocycles. The molecular formula is C13H14F6N2. The third kappa shape index (κ3) is 3.81. The number of alkyl halides is 6. The van der Waals surface area contributed by atoms with Gasteiger partial charge in [0, 0.05) is 18.8 Å². The summed E-state index contributed by atoms with van der Waals surface area (Å²) in [5.74, 6) is 0. The summed E-state index contributed by atoms with van der Waals surface area (Å²) in [6.45, 7) is 0.316. The Morgan fingerprint density at radius 3 is 2.14 bits per heavy atom. The summed E-state index contributed by atoms with van der Waals surface area (Å²) < 4.78 is 76.7. The lowest BCUT2D eigenvalue weighted by Gasteiger charge is -2.33. The Hall–Kier alpha value is -1.44. The summed E-state index contributed by atoms with van der Waals surface area (Å²) in [7, 11) is 0. The number of hydrogen-bond acceptors (Lipinski definition) is 2. The van der Waals surface area contributed by atoms with Crippen LogP contribution in [0.4, 0.5) is 32.0 Å². The summed E-state index contributed by atoms with van der Waals surface area (Å²) in [5.41, 5.74) is -0.725. The molecule has 0 saturated carbocycles. The maximum absolute atomic E-state index is 13.1. The fourth-order valence-electron chi connectivity index (χ4n) is 2.32. The topological polar surface area (TPSA) is 15.3 Å². The molecule has 2 rings (SSSR count). The third-order valence-corrected chi connectivity index (χ3v) is 3.37. The van der Waals surface area contributed by atoms with Gasteiger partial charge < -0.3 is 10.2 Å². The first-order chi connectivity index (χ1) is 9.69. The fourth-order valence-corrected chi connectivity index (χ4v) is 2.32. The molecular weight excluding hydrogens is 298 g/mol. The minimum Gasteiger partial charge on any atom is -0.359 e. The van der Waals surface area contributed by atoms with E-state index in [1.54, 1.807) is 0 Å². The lowest BCUT2D eigenvalue weighted by molar-refractivity contribution is -0.147. The van der Waals surface area contributed by atoms with E-state index in [1.165, 1.54) is 0 Å². The standard InChI is InChI=1S/C13H14F6N2/c14-12(15,16)9-2-4-10(5-3-9)21-7-1-6-20-8-11(21)13(17,18)19/h2-5,11,20H,1,6-8H2. The van der Waals surface area contributed by atoms with Gasteiger partial charge in [-0.25, -0.2) is 0 Å². The maximum Gasteiger partial charge on any atom is 0.416 e. The highest BCUT2D eigenvalue weighted by atomic mass is 19.4. The Kier molecular flexibility index (Phi) is 4.36. The van der Waals surface area contributed by atoms with Crippen LogP contribution in [-0.2, 0) is 6.18 Å². The first kappa shape index (κ1) is 15.9. The van der Waals surface area contributed by atoms with E-state index in [2.05, 4.69) is 5.32 Å². The van der Waals surface area contributed by atoms with E-state index in [-0.39, 0.29) is 18.8 Å². The lowest BCUT2D eigenvalue weighted by Crippen LogP contribution is -2.49. The highest BCUT2D eigenvalue weighted by Crippen LogP contribution is 2.33. The summed E-state index contributed by atoms with van der Waals surface area (Å²) in [6, 6.07) is 2.05. The zero-order valence-electron chi connectivity index (χ0n) is 10.9. The SMILES string of the molecule is FC(F)(F)c1ccc(N2CCCNCC2C(F)(F)F)cc1. The summed E-state index contributed by atoms with van der Waals surface area (Å²) in [4.78, 5) is 1.11. The van der Waals surface area contributed by atoms with Crippen molar-refractivity contribution in [1.29, 1.82) is 0 Å². The Balaban J connectivity index is 2.28. The van der Waals surface area contributed by atoms with Crippen molar-refractivity contribution in [3.05, 3.63) is 29.8 Å². The van der Waals surface area contributed by atoms with Gasteiger partial charge >= 0.3 is 12.4 Å². The highest BCUT2D eigenvalue weighted by Gasteiger charge is 2.44. The third-order valence-electron chi connectivity index (χ3n) is 3.37. The fraction of sp³-hybridized carbons (Fsp3) is 0.538. The van der Waals surface area contributed by atoms with Crippen LogP contribution in [-0.4, -0.2) is 31.9 Å². The minimum atomic E-state index is -4.50. The van der Waals surface area contributed by atoms with E-state index >= 15 is 0 Å². The number of hydrogen-bond donors (Lipinski definition) is 1. The quantitative estimate of drug-likeness (QED) is 0.799. The van der Waals surface area contributed by atoms with Gasteiger partial charge in [0.25, 0.3) is 0 Å². The molecule has 0 spiro atoms. The van der Waals surface area contributed by atoms with Gasteiger partial charge in [-0.2, -0.15) is 26.3 Å². The normalized spacial score (nSPS) is 21.2. The van der Waals surface area contributed by atoms with Gasteiger partial charge in [-0.15, -0.1) is 0 Å². The Morgan fingerprint density at radius 1 is 1.00 bits per heavy atom. The van der Waals surface area contributed by atoms with Crippen molar-refractivity contribution < 1.29 is 26.3 Å². The Labute approximate surface area is 117 Å². The molecule has 1 aliphatic rings. The molecule has 1 N–H and O–H groups in total. The maximum atomic E-state index is 13.1. The van der Waals surface area contributed by atoms with Gasteiger partial charge in [0.1, 0.15) is 6.04 Å². The summed E-state index contributed by atoms with van der Waals surface area (Å²) in [5, 5.41) is 2.70. The predicted molar refractivity (Wildman–Crippen MR) is 66.1 cm³/mol. The van der Waals surface area contributed by atoms with Crippen LogP contribution in [0.1, 0.15) is 12.0 Å². The number of rotatable bonds is 1. The Bertz CT molecular complexity index is 465. The predicted octanol–water partition coefficient (Wildman–Crippen LogP) is 3.44. The minimum absolute atomic E-state index is 0.141. The van der Waals surface area contributed by atoms with Gasteiger partial charge in [0.15, 0.2) is 0 Å². The Morgan fingerprint density at radius 2 is 1.62 bits per heavy atom. The van der Waals surface area contributed by atoms with Crippen molar-refractivity contribution in [2.45, 2.75) is 24.8 Å². The molecule has 1 unspecified atom stereocenters. The lowest BCUT2D eigenvalue weighted by atomic mass is 10.1. The molecule has 21 heavy (non-hydrogen) atoms. The number of halogens is 6. The van der Waals surface area contributed by atoms with E-state index in [0.717, 1.165) is 29.2 Å². The zero-order chi connectivity index (χ0) is 15.7. The smallest absolute Gasteiger partial charge is 0.359 e. The van der Waals surface area contributed by atoms with Crippen molar-refractivity contribution in [2.24, 2.45) is 0 Å². The van der Waals surface area contributed by atoms with E-state index in [0.29, 0.717) is 13.0 Å². The van der Waals surface area contributed by atoms with Crippen LogP contribution in [0.2, 0.25) is 0 Å². The molecule has 1 atom stereocenters. The molecule has 0 aliphatic carbocycles. The molecule has 1 aliphatic heterocycles. The van der Waals surface area contributed by atoms with Crippen molar-refractivity contribution in [3.8, 4) is 0 Å². The van der Waals surface area contributed by atoms with E-state index in [4.69, 9.17) is 0 Å². The van der Waals surface area contributed by atoms with Gasteiger partial charge in [-0.3, -0.25) is 0 Å². The van der Waals surface area contributed by atoms with Crippen LogP contribution in [0.15, 0.2) is 24.3 Å². The molecule has 0 aromatic heterocycles. The molecule has 0 radical (unpaired) electrons. The van der Waals surface area contributed by atoms with E-state index in [1.807, 2.05) is 0 Å². The molecule has 118 valence electrons. The van der Waals surface area contributed by atoms with E-state index < -0.39 is 24.0 Å². The van der Waals surface area contributed by atoms with Crippen LogP contribution in [0.3, 0.4) is 0 Å². The highest BCUT2D eigenvalue weighted by molar-refractivity contribution is 5.49. The number of nitrogens with zero attached hydrogens (tertiary/aromatic N) is 1. The molecule has 1 fully saturated rings. The summed E-state index contributed by atoms with van der Waals surface area (Å²) >= 11 is 0. The molecule has 1 aromatic rings. The molecule has 8 heteroatoms. The zero-order valence-corrected chi connectivity index (χ0v) is 10.9. The monoisotopic (exact) mass is 312 g/mol. The van der Waals surface area contributed by atoms with Crippen molar-refractivity contribution in [2.75, 3.05) is 24.5 Å². The van der Waals surface area contributed by atoms with E-state index in [9.17, 15) is 26.3 Å². The van der Waals surface area contributed by atoms with Crippen molar-refractivity contribution in [1.82, 2.24) is 5.32 Å². The molecule has 0 bridgehead atoms. The van der Waals surface area contributed by atoms with Gasteiger partial charge in [-0.1, -0.05) is 0 Å².